The number of sulfone groups is 1. The van der Waals surface area contributed by atoms with E-state index in [1.807, 2.05) is 13.8 Å². The van der Waals surface area contributed by atoms with Crippen LogP contribution in [-0.4, -0.2) is 24.2 Å². The molecule has 0 unspecified atom stereocenters. The first-order chi connectivity index (χ1) is 9.61. The molecule has 0 spiro atoms. The average molecular weight is 351 g/mol. The van der Waals surface area contributed by atoms with Gasteiger partial charge in [0.15, 0.2) is 14.6 Å². The van der Waals surface area contributed by atoms with Crippen LogP contribution in [-0.2, 0) is 14.6 Å². The van der Waals surface area contributed by atoms with E-state index in [1.165, 1.54) is 18.2 Å². The lowest BCUT2D eigenvalue weighted by atomic mass is 9.69. The van der Waals surface area contributed by atoms with Crippen molar-refractivity contribution in [3.63, 3.8) is 0 Å². The number of benzene rings is 1. The average Bonchev–Trinajstić information content (AvgIpc) is 2.29. The van der Waals surface area contributed by atoms with Crippen LogP contribution in [0.2, 0.25) is 10.0 Å². The van der Waals surface area contributed by atoms with Crippen molar-refractivity contribution in [3.05, 3.63) is 28.2 Å². The Labute approximate surface area is 134 Å². The Morgan fingerprint density at radius 1 is 1.33 bits per heavy atom. The maximum atomic E-state index is 12.8. The number of carboxylic acids is 1. The molecule has 1 aromatic rings. The summed E-state index contributed by atoms with van der Waals surface area (Å²) in [6.45, 7) is 3.91. The summed E-state index contributed by atoms with van der Waals surface area (Å²) in [5.41, 5.74) is 0. The summed E-state index contributed by atoms with van der Waals surface area (Å²) in [6, 6.07) is 4.05. The second kappa shape index (κ2) is 5.45. The van der Waals surface area contributed by atoms with Crippen molar-refractivity contribution in [2.45, 2.75) is 36.3 Å². The highest BCUT2D eigenvalue weighted by Gasteiger charge is 2.61. The zero-order valence-electron chi connectivity index (χ0n) is 11.6. The number of carbonyl (C=O) groups is 1. The minimum atomic E-state index is -4.10. The summed E-state index contributed by atoms with van der Waals surface area (Å²) in [7, 11) is -4.10. The van der Waals surface area contributed by atoms with Crippen LogP contribution < -0.4 is 0 Å². The zero-order valence-corrected chi connectivity index (χ0v) is 14.0. The Hall–Kier alpha value is -0.780. The minimum Gasteiger partial charge on any atom is -0.480 e. The van der Waals surface area contributed by atoms with Gasteiger partial charge >= 0.3 is 5.97 Å². The molecule has 0 saturated heterocycles. The van der Waals surface area contributed by atoms with E-state index in [2.05, 4.69) is 0 Å². The summed E-state index contributed by atoms with van der Waals surface area (Å²) in [5, 5.41) is 9.69. The van der Waals surface area contributed by atoms with E-state index in [-0.39, 0.29) is 39.6 Å². The lowest BCUT2D eigenvalue weighted by molar-refractivity contribution is -0.144. The topological polar surface area (TPSA) is 71.4 Å². The molecule has 1 fully saturated rings. The van der Waals surface area contributed by atoms with Gasteiger partial charge < -0.3 is 5.11 Å². The standard InChI is InChI=1S/C14H16Cl2O4S/c1-8(2)9-6-14(7-9,13(17)18)21(19,20)12-5-10(15)3-4-11(12)16/h3-5,8-9H,6-7H2,1-2H3,(H,17,18). The summed E-state index contributed by atoms with van der Waals surface area (Å²) in [5.74, 6) is -1.01. The second-order valence-corrected chi connectivity index (χ2v) is 8.86. The maximum absolute atomic E-state index is 12.8. The summed E-state index contributed by atoms with van der Waals surface area (Å²) < 4.78 is 23.8. The van der Waals surface area contributed by atoms with Gasteiger partial charge in [0.1, 0.15) is 0 Å². The Balaban J connectivity index is 2.51. The molecule has 2 rings (SSSR count). The predicted molar refractivity (Wildman–Crippen MR) is 81.6 cm³/mol. The number of hydrogen-bond donors (Lipinski definition) is 1. The smallest absolute Gasteiger partial charge is 0.325 e. The fraction of sp³-hybridized carbons (Fsp3) is 0.500. The summed E-state index contributed by atoms with van der Waals surface area (Å²) >= 11 is 11.8. The monoisotopic (exact) mass is 350 g/mol. The minimum absolute atomic E-state index is 0.00646. The third-order valence-corrected chi connectivity index (χ3v) is 7.34. The first-order valence-corrected chi connectivity index (χ1v) is 8.79. The highest BCUT2D eigenvalue weighted by Crippen LogP contribution is 2.50. The number of carboxylic acid groups (broad SMARTS) is 1. The van der Waals surface area contributed by atoms with Gasteiger partial charge in [-0.15, -0.1) is 0 Å². The molecule has 1 aliphatic rings. The van der Waals surface area contributed by atoms with E-state index < -0.39 is 20.6 Å². The molecule has 1 aromatic carbocycles. The van der Waals surface area contributed by atoms with Crippen LogP contribution in [0.5, 0.6) is 0 Å². The molecule has 0 aromatic heterocycles. The van der Waals surface area contributed by atoms with Crippen molar-refractivity contribution in [1.82, 2.24) is 0 Å². The van der Waals surface area contributed by atoms with E-state index in [4.69, 9.17) is 23.2 Å². The third-order valence-electron chi connectivity index (χ3n) is 4.21. The second-order valence-electron chi connectivity index (χ2n) is 5.79. The SMILES string of the molecule is CC(C)C1CC(C(=O)O)(S(=O)(=O)c2cc(Cl)ccc2Cl)C1. The first-order valence-electron chi connectivity index (χ1n) is 6.55. The molecule has 1 N–H and O–H groups in total. The van der Waals surface area contributed by atoms with E-state index in [0.29, 0.717) is 0 Å². The van der Waals surface area contributed by atoms with Crippen LogP contribution in [0.1, 0.15) is 26.7 Å². The Bertz CT molecular complexity index is 676. The van der Waals surface area contributed by atoms with Gasteiger partial charge in [-0.25, -0.2) is 8.42 Å². The van der Waals surface area contributed by atoms with E-state index in [1.54, 1.807) is 0 Å². The number of aliphatic carboxylic acids is 1. The van der Waals surface area contributed by atoms with Gasteiger partial charge in [-0.3, -0.25) is 4.79 Å². The zero-order chi connectivity index (χ0) is 16.0. The number of rotatable bonds is 4. The molecular formula is C14H16Cl2O4S. The van der Waals surface area contributed by atoms with Crippen molar-refractivity contribution < 1.29 is 18.3 Å². The molecule has 7 heteroatoms. The van der Waals surface area contributed by atoms with Gasteiger partial charge in [0.25, 0.3) is 0 Å². The molecule has 0 radical (unpaired) electrons. The predicted octanol–water partition coefficient (Wildman–Crippen LogP) is 3.66. The van der Waals surface area contributed by atoms with Gasteiger partial charge in [0.2, 0.25) is 0 Å². The molecule has 0 atom stereocenters. The van der Waals surface area contributed by atoms with Crippen molar-refractivity contribution >= 4 is 39.0 Å². The van der Waals surface area contributed by atoms with Crippen LogP contribution in [0.15, 0.2) is 23.1 Å². The molecule has 0 amide bonds. The molecule has 4 nitrogen and oxygen atoms in total. The van der Waals surface area contributed by atoms with Gasteiger partial charge in [0.05, 0.1) is 9.92 Å². The highest BCUT2D eigenvalue weighted by atomic mass is 35.5. The quantitative estimate of drug-likeness (QED) is 0.899. The Morgan fingerprint density at radius 2 is 1.90 bits per heavy atom. The van der Waals surface area contributed by atoms with Crippen LogP contribution >= 0.6 is 23.2 Å². The molecular weight excluding hydrogens is 335 g/mol. The van der Waals surface area contributed by atoms with Crippen LogP contribution in [0, 0.1) is 11.8 Å². The van der Waals surface area contributed by atoms with Crippen molar-refractivity contribution in [1.29, 1.82) is 0 Å². The number of hydrogen-bond acceptors (Lipinski definition) is 3. The van der Waals surface area contributed by atoms with Gasteiger partial charge in [0, 0.05) is 5.02 Å². The van der Waals surface area contributed by atoms with E-state index >= 15 is 0 Å². The van der Waals surface area contributed by atoms with Gasteiger partial charge in [-0.05, 0) is 42.9 Å². The molecule has 0 bridgehead atoms. The molecule has 1 saturated carbocycles. The van der Waals surface area contributed by atoms with E-state index in [9.17, 15) is 18.3 Å². The molecule has 1 aliphatic carbocycles. The Morgan fingerprint density at radius 3 is 2.38 bits per heavy atom. The molecule has 0 aliphatic heterocycles. The fourth-order valence-electron chi connectivity index (χ4n) is 2.66. The fourth-order valence-corrected chi connectivity index (χ4v) is 5.45. The van der Waals surface area contributed by atoms with Gasteiger partial charge in [-0.1, -0.05) is 37.0 Å². The summed E-state index contributed by atoms with van der Waals surface area (Å²) in [6.07, 6.45) is 0.205. The van der Waals surface area contributed by atoms with Crippen molar-refractivity contribution in [2.75, 3.05) is 0 Å². The van der Waals surface area contributed by atoms with Crippen LogP contribution in [0.3, 0.4) is 0 Å². The molecule has 116 valence electrons. The van der Waals surface area contributed by atoms with Gasteiger partial charge in [-0.2, -0.15) is 0 Å². The van der Waals surface area contributed by atoms with Crippen molar-refractivity contribution in [3.8, 4) is 0 Å². The van der Waals surface area contributed by atoms with E-state index in [0.717, 1.165) is 0 Å². The first kappa shape index (κ1) is 16.6. The lowest BCUT2D eigenvalue weighted by Crippen LogP contribution is -2.57. The molecule has 21 heavy (non-hydrogen) atoms. The third kappa shape index (κ3) is 2.56. The number of halogens is 2. The maximum Gasteiger partial charge on any atom is 0.325 e. The lowest BCUT2D eigenvalue weighted by Gasteiger charge is -2.45. The molecule has 0 heterocycles. The largest absolute Gasteiger partial charge is 0.480 e. The highest BCUT2D eigenvalue weighted by molar-refractivity contribution is 7.93. The van der Waals surface area contributed by atoms with Crippen LogP contribution in [0.25, 0.3) is 0 Å². The van der Waals surface area contributed by atoms with Crippen LogP contribution in [0.4, 0.5) is 0 Å². The normalized spacial score (nSPS) is 25.7. The van der Waals surface area contributed by atoms with Crippen molar-refractivity contribution in [2.24, 2.45) is 11.8 Å². The summed E-state index contributed by atoms with van der Waals surface area (Å²) in [4.78, 5) is 11.4. The Kier molecular flexibility index (Phi) is 4.30.